The zero-order valence-electron chi connectivity index (χ0n) is 29.7. The van der Waals surface area contributed by atoms with Crippen molar-refractivity contribution in [1.82, 2.24) is 0 Å². The molecule has 0 spiro atoms. The predicted molar refractivity (Wildman–Crippen MR) is 215 cm³/mol. The fourth-order valence-electron chi connectivity index (χ4n) is 5.61. The third kappa shape index (κ3) is 12.3. The molecule has 6 rings (SSSR count). The quantitative estimate of drug-likeness (QED) is 0.0854. The van der Waals surface area contributed by atoms with Crippen LogP contribution in [0.25, 0.3) is 10.6 Å². The number of nitrogens with zero attached hydrogens (tertiary/aromatic N) is 2. The molecular weight excluding hydrogens is 674 g/mol. The van der Waals surface area contributed by atoms with Crippen LogP contribution in [-0.4, -0.2) is 18.4 Å². The Hall–Kier alpha value is -4.20. The van der Waals surface area contributed by atoms with E-state index in [1.54, 1.807) is 7.05 Å². The largest absolute Gasteiger partial charge is 3.00 e. The van der Waals surface area contributed by atoms with Gasteiger partial charge >= 0.3 is 16.5 Å². The molecule has 0 saturated heterocycles. The average molecular weight is 724 g/mol. The fourth-order valence-corrected chi connectivity index (χ4v) is 8.19. The van der Waals surface area contributed by atoms with Gasteiger partial charge in [-0.3, -0.25) is 0 Å². The topological polar surface area (TPSA) is 48.4 Å². The summed E-state index contributed by atoms with van der Waals surface area (Å²) in [6.07, 6.45) is -0.303. The van der Waals surface area contributed by atoms with Crippen LogP contribution < -0.4 is 15.9 Å². The minimum absolute atomic E-state index is 0. The Balaban J connectivity index is 0.000000231. The van der Waals surface area contributed by atoms with Crippen molar-refractivity contribution in [1.29, 1.82) is 0 Å². The fraction of sp³-hybridized carbons (Fsp3) is 0.200. The Morgan fingerprint density at radius 1 is 0.560 bits per heavy atom. The molecule has 0 aromatic heterocycles. The molecule has 5 heteroatoms. The zero-order chi connectivity index (χ0) is 34.8. The van der Waals surface area contributed by atoms with Crippen molar-refractivity contribution < 1.29 is 21.6 Å². The van der Waals surface area contributed by atoms with E-state index in [0.717, 1.165) is 16.9 Å². The monoisotopic (exact) mass is 722 g/mol. The molecule has 50 heavy (non-hydrogen) atoms. The zero-order valence-corrected chi connectivity index (χ0v) is 31.7. The third-order valence-electron chi connectivity index (χ3n) is 8.05. The number of benzene rings is 6. The predicted octanol–water partition coefficient (Wildman–Crippen LogP) is 10.8. The molecule has 6 aromatic carbocycles. The molecule has 1 radical (unpaired) electrons. The van der Waals surface area contributed by atoms with Crippen LogP contribution in [0.5, 0.6) is 0 Å². The normalized spacial score (nSPS) is 11.0. The maximum absolute atomic E-state index is 10.6. The first-order chi connectivity index (χ1) is 23.9. The Morgan fingerprint density at radius 3 is 1.36 bits per heavy atom. The van der Waals surface area contributed by atoms with Gasteiger partial charge in [0.2, 0.25) is 0 Å². The van der Waals surface area contributed by atoms with E-state index >= 15 is 0 Å². The third-order valence-corrected chi connectivity index (χ3v) is 10.8. The first-order valence-corrected chi connectivity index (χ1v) is 18.5. The molecule has 6 aromatic rings. The molecule has 259 valence electrons. The first-order valence-electron chi connectivity index (χ1n) is 17.0. The smallest absolute Gasteiger partial charge is 0.687 e. The van der Waals surface area contributed by atoms with Crippen LogP contribution in [0, 0.1) is 6.07 Å². The molecule has 1 atom stereocenters. The summed E-state index contributed by atoms with van der Waals surface area (Å²) in [5.74, 6) is 0.736. The molecule has 0 heterocycles. The van der Waals surface area contributed by atoms with Crippen molar-refractivity contribution in [2.45, 2.75) is 52.2 Å². The minimum Gasteiger partial charge on any atom is -0.687 e. The standard InChI is InChI=1S/C21H28N2O.C18H15P.C6H5.Ni/c1-14(2)17-10-8-11-18(15(3)4)21(17)23-20(24)13-16-9-6-7-12-19(16)22-5;1-4-10-16(11-5-1)19(17-12-6-2-7-13-17)18-14-8-3-9-15-18;1-2-4-6-5-3-1;/h6-12,14-15,20,24H,13H2,1-5H3;1-15H;1-5H;/q-2;;-1;+3/p+1. The van der Waals surface area contributed by atoms with Crippen molar-refractivity contribution in [2.75, 3.05) is 7.05 Å². The minimum atomic E-state index is -0.877. The van der Waals surface area contributed by atoms with Gasteiger partial charge in [-0.15, -0.1) is 18.4 Å². The second-order valence-corrected chi connectivity index (χ2v) is 14.8. The van der Waals surface area contributed by atoms with Crippen molar-refractivity contribution in [3.8, 4) is 0 Å². The van der Waals surface area contributed by atoms with E-state index in [1.165, 1.54) is 27.0 Å². The van der Waals surface area contributed by atoms with Crippen LogP contribution in [0.15, 0.2) is 164 Å². The van der Waals surface area contributed by atoms with Gasteiger partial charge in [-0.2, -0.15) is 36.4 Å². The summed E-state index contributed by atoms with van der Waals surface area (Å²) in [5, 5.41) is 23.8. The molecule has 0 fully saturated rings. The van der Waals surface area contributed by atoms with Gasteiger partial charge in [0.1, 0.15) is 15.9 Å². The number of aliphatic hydroxyl groups is 1. The Bertz CT molecular complexity index is 1620. The molecule has 0 aliphatic heterocycles. The summed E-state index contributed by atoms with van der Waals surface area (Å²) in [6, 6.07) is 59.2. The van der Waals surface area contributed by atoms with Gasteiger partial charge in [0.15, 0.2) is 0 Å². The van der Waals surface area contributed by atoms with E-state index in [9.17, 15) is 5.11 Å². The van der Waals surface area contributed by atoms with Crippen molar-refractivity contribution in [3.63, 3.8) is 0 Å². The van der Waals surface area contributed by atoms with Gasteiger partial charge in [-0.05, 0) is 60.9 Å². The molecule has 0 aliphatic rings. The van der Waals surface area contributed by atoms with Crippen LogP contribution in [0.1, 0.15) is 56.2 Å². The maximum atomic E-state index is 10.6. The summed E-state index contributed by atoms with van der Waals surface area (Å²) in [7, 11) is 0.894. The van der Waals surface area contributed by atoms with E-state index in [0.29, 0.717) is 18.3 Å². The van der Waals surface area contributed by atoms with Crippen LogP contribution in [0.4, 0.5) is 11.4 Å². The number of aliphatic hydroxyl groups excluding tert-OH is 1. The van der Waals surface area contributed by atoms with Gasteiger partial charge in [-0.25, -0.2) is 0 Å². The van der Waals surface area contributed by atoms with E-state index in [2.05, 4.69) is 154 Å². The molecule has 0 bridgehead atoms. The van der Waals surface area contributed by atoms with Crippen LogP contribution in [0.2, 0.25) is 0 Å². The number of hydrogen-bond acceptors (Lipinski definition) is 1. The molecule has 3 nitrogen and oxygen atoms in total. The van der Waals surface area contributed by atoms with E-state index in [4.69, 9.17) is 0 Å². The first kappa shape index (κ1) is 40.2. The average Bonchev–Trinajstić information content (AvgIpc) is 3.14. The summed E-state index contributed by atoms with van der Waals surface area (Å²) in [6.45, 7) is 8.65. The van der Waals surface area contributed by atoms with Gasteiger partial charge in [0, 0.05) is 0 Å². The van der Waals surface area contributed by atoms with E-state index in [1.807, 2.05) is 54.6 Å². The van der Waals surface area contributed by atoms with E-state index < -0.39 is 14.1 Å². The van der Waals surface area contributed by atoms with Gasteiger partial charge in [-0.1, -0.05) is 141 Å². The Kier molecular flexibility index (Phi) is 17.5. The molecule has 1 unspecified atom stereocenters. The van der Waals surface area contributed by atoms with Crippen molar-refractivity contribution in [2.24, 2.45) is 0 Å². The summed E-state index contributed by atoms with van der Waals surface area (Å²) >= 11 is 0. The van der Waals surface area contributed by atoms with Crippen molar-refractivity contribution in [3.05, 3.63) is 197 Å². The van der Waals surface area contributed by atoms with Crippen LogP contribution in [0.3, 0.4) is 0 Å². The van der Waals surface area contributed by atoms with Gasteiger partial charge in [0.25, 0.3) is 0 Å². The number of rotatable bonds is 10. The Labute approximate surface area is 311 Å². The second kappa shape index (κ2) is 21.8. The molecule has 0 saturated carbocycles. The summed E-state index contributed by atoms with van der Waals surface area (Å²) in [4.78, 5) is 0. The van der Waals surface area contributed by atoms with Gasteiger partial charge < -0.3 is 15.7 Å². The second-order valence-electron chi connectivity index (χ2n) is 12.3. The molecule has 0 aliphatic carbocycles. The summed E-state index contributed by atoms with van der Waals surface area (Å²) in [5.41, 5.74) is 5.25. The van der Waals surface area contributed by atoms with Crippen molar-refractivity contribution >= 4 is 35.2 Å². The molecule has 1 N–H and O–H groups in total. The number of para-hydroxylation sites is 2. The van der Waals surface area contributed by atoms with Crippen LogP contribution in [-0.2, 0) is 22.9 Å². The Morgan fingerprint density at radius 2 is 0.980 bits per heavy atom. The van der Waals surface area contributed by atoms with E-state index in [-0.39, 0.29) is 16.5 Å². The molecule has 0 amide bonds. The van der Waals surface area contributed by atoms with Gasteiger partial charge in [0.05, 0.1) is 7.92 Å². The summed E-state index contributed by atoms with van der Waals surface area (Å²) < 4.78 is 0. The molecular formula is C45H49N2NiOP+. The number of hydrogen-bond donors (Lipinski definition) is 1. The van der Waals surface area contributed by atoms with Crippen LogP contribution >= 0.6 is 7.92 Å². The SMILES string of the molecule is C[N-]c1ccccc1CC(O)[N-]c1c(C(C)C)cccc1C(C)C.[Ni+3].[c-]1ccccc1.c1ccc([PH+](c2ccccc2)c2ccccc2)cc1. The maximum Gasteiger partial charge on any atom is 3.00 e.